The number of aromatic nitrogens is 1. The van der Waals surface area contributed by atoms with Crippen LogP contribution in [0.15, 0.2) is 30.5 Å². The quantitative estimate of drug-likeness (QED) is 0.198. The summed E-state index contributed by atoms with van der Waals surface area (Å²) in [6.07, 6.45) is 0.695. The first kappa shape index (κ1) is 31.9. The van der Waals surface area contributed by atoms with Gasteiger partial charge in [-0.3, -0.25) is 14.6 Å². The Hall–Kier alpha value is -3.09. The molecular formula is C25H37N3O8S. The number of carboxylic acids is 3. The van der Waals surface area contributed by atoms with Crippen molar-refractivity contribution < 1.29 is 39.5 Å². The van der Waals surface area contributed by atoms with Crippen LogP contribution in [0.5, 0.6) is 5.75 Å². The number of hydrogen-bond acceptors (Lipinski definition) is 9. The molecular weight excluding hydrogens is 502 g/mol. The summed E-state index contributed by atoms with van der Waals surface area (Å²) in [5.74, 6) is -1.75. The second-order valence-corrected chi connectivity index (χ2v) is 9.37. The van der Waals surface area contributed by atoms with Gasteiger partial charge in [0, 0.05) is 36.5 Å². The minimum Gasteiger partial charge on any atom is -0.497 e. The van der Waals surface area contributed by atoms with Crippen molar-refractivity contribution >= 4 is 46.3 Å². The Kier molecular flexibility index (Phi) is 14.3. The summed E-state index contributed by atoms with van der Waals surface area (Å²) in [5, 5.41) is 38.4. The number of nitrogens with one attached hydrogen (secondary N) is 1. The molecule has 1 aromatic carbocycles. The number of carbonyl (C=O) groups is 3. The molecule has 1 aromatic heterocycles. The average Bonchev–Trinajstić information content (AvgIpc) is 2.84. The lowest BCUT2D eigenvalue weighted by Crippen LogP contribution is -2.42. The van der Waals surface area contributed by atoms with Gasteiger partial charge in [-0.2, -0.15) is 11.8 Å². The van der Waals surface area contributed by atoms with Crippen molar-refractivity contribution in [3.63, 3.8) is 0 Å². The smallest absolute Gasteiger partial charge is 0.336 e. The van der Waals surface area contributed by atoms with Gasteiger partial charge in [-0.1, -0.05) is 19.9 Å². The third-order valence-corrected chi connectivity index (χ3v) is 6.48. The first-order valence-corrected chi connectivity index (χ1v) is 13.1. The molecule has 0 aliphatic heterocycles. The van der Waals surface area contributed by atoms with E-state index < -0.39 is 36.4 Å². The SMILES string of the molecule is CCN(CC)CCSCCCNc1cc(OC)cc2cccnc12.O=C(O)CC(O)(CC(=O)O)C(=O)O. The van der Waals surface area contributed by atoms with E-state index in [4.69, 9.17) is 25.2 Å². The Labute approximate surface area is 220 Å². The highest BCUT2D eigenvalue weighted by Gasteiger charge is 2.40. The van der Waals surface area contributed by atoms with Gasteiger partial charge < -0.3 is 35.4 Å². The lowest BCUT2D eigenvalue weighted by atomic mass is 9.96. The number of aliphatic carboxylic acids is 3. The number of carboxylic acid groups (broad SMARTS) is 3. The zero-order valence-electron chi connectivity index (χ0n) is 21.5. The highest BCUT2D eigenvalue weighted by atomic mass is 32.2. The lowest BCUT2D eigenvalue weighted by Gasteiger charge is -2.18. The van der Waals surface area contributed by atoms with Gasteiger partial charge in [-0.15, -0.1) is 0 Å². The Bertz CT molecular complexity index is 1000. The van der Waals surface area contributed by atoms with E-state index in [0.29, 0.717) is 0 Å². The molecule has 5 N–H and O–H groups in total. The average molecular weight is 540 g/mol. The minimum absolute atomic E-state index is 0.867. The predicted octanol–water partition coefficient (Wildman–Crippen LogP) is 2.87. The van der Waals surface area contributed by atoms with Gasteiger partial charge in [0.2, 0.25) is 0 Å². The number of aliphatic hydroxyl groups is 1. The van der Waals surface area contributed by atoms with Crippen molar-refractivity contribution in [2.75, 3.05) is 50.1 Å². The van der Waals surface area contributed by atoms with E-state index in [1.165, 1.54) is 18.1 Å². The molecule has 0 aliphatic carbocycles. The van der Waals surface area contributed by atoms with Crippen molar-refractivity contribution in [3.05, 3.63) is 30.5 Å². The van der Waals surface area contributed by atoms with E-state index in [0.717, 1.165) is 48.4 Å². The number of benzene rings is 1. The number of thioether (sulfide) groups is 1. The fourth-order valence-electron chi connectivity index (χ4n) is 3.36. The predicted molar refractivity (Wildman–Crippen MR) is 144 cm³/mol. The molecule has 0 radical (unpaired) electrons. The first-order chi connectivity index (χ1) is 17.6. The largest absolute Gasteiger partial charge is 0.497 e. The summed E-state index contributed by atoms with van der Waals surface area (Å²) in [6.45, 7) is 8.89. The normalized spacial score (nSPS) is 11.1. The molecule has 206 valence electrons. The maximum atomic E-state index is 10.3. The highest BCUT2D eigenvalue weighted by Crippen LogP contribution is 2.27. The number of fused-ring (bicyclic) bond motifs is 1. The Morgan fingerprint density at radius 2 is 1.73 bits per heavy atom. The maximum absolute atomic E-state index is 10.3. The second kappa shape index (κ2) is 16.6. The molecule has 0 bridgehead atoms. The van der Waals surface area contributed by atoms with Gasteiger partial charge in [0.25, 0.3) is 0 Å². The monoisotopic (exact) mass is 539 g/mol. The van der Waals surface area contributed by atoms with Crippen LogP contribution in [0.2, 0.25) is 0 Å². The van der Waals surface area contributed by atoms with E-state index in [9.17, 15) is 14.4 Å². The summed E-state index contributed by atoms with van der Waals surface area (Å²) in [7, 11) is 1.70. The zero-order valence-corrected chi connectivity index (χ0v) is 22.3. The van der Waals surface area contributed by atoms with Gasteiger partial charge >= 0.3 is 17.9 Å². The molecule has 1 heterocycles. The maximum Gasteiger partial charge on any atom is 0.336 e. The van der Waals surface area contributed by atoms with Crippen molar-refractivity contribution in [2.45, 2.75) is 38.7 Å². The topological polar surface area (TPSA) is 170 Å². The molecule has 0 amide bonds. The molecule has 0 saturated heterocycles. The summed E-state index contributed by atoms with van der Waals surface area (Å²) in [5.41, 5.74) is -0.678. The molecule has 12 heteroatoms. The van der Waals surface area contributed by atoms with Crippen LogP contribution in [0, 0.1) is 0 Å². The number of hydrogen-bond donors (Lipinski definition) is 5. The van der Waals surface area contributed by atoms with Gasteiger partial charge in [-0.05, 0) is 37.4 Å². The van der Waals surface area contributed by atoms with E-state index in [1.807, 2.05) is 36.2 Å². The molecule has 0 aliphatic rings. The molecule has 2 aromatic rings. The third kappa shape index (κ3) is 11.7. The van der Waals surface area contributed by atoms with Crippen LogP contribution < -0.4 is 10.1 Å². The van der Waals surface area contributed by atoms with Crippen LogP contribution in [0.3, 0.4) is 0 Å². The number of anilines is 1. The van der Waals surface area contributed by atoms with Crippen molar-refractivity contribution in [1.29, 1.82) is 0 Å². The van der Waals surface area contributed by atoms with Crippen LogP contribution in [-0.2, 0) is 14.4 Å². The van der Waals surface area contributed by atoms with Gasteiger partial charge in [0.05, 0.1) is 31.2 Å². The number of nitrogens with zero attached hydrogens (tertiary/aromatic N) is 2. The van der Waals surface area contributed by atoms with E-state index in [2.05, 4.69) is 35.1 Å². The molecule has 2 rings (SSSR count). The number of ether oxygens (including phenoxy) is 1. The first-order valence-electron chi connectivity index (χ1n) is 11.9. The highest BCUT2D eigenvalue weighted by molar-refractivity contribution is 7.99. The molecule has 0 saturated carbocycles. The molecule has 37 heavy (non-hydrogen) atoms. The van der Waals surface area contributed by atoms with Crippen molar-refractivity contribution in [3.8, 4) is 5.75 Å². The fourth-order valence-corrected chi connectivity index (χ4v) is 4.30. The summed E-state index contributed by atoms with van der Waals surface area (Å²) in [4.78, 5) is 37.5. The van der Waals surface area contributed by atoms with Crippen molar-refractivity contribution in [2.24, 2.45) is 0 Å². The molecule has 11 nitrogen and oxygen atoms in total. The second-order valence-electron chi connectivity index (χ2n) is 8.15. The van der Waals surface area contributed by atoms with E-state index in [-0.39, 0.29) is 0 Å². The van der Waals surface area contributed by atoms with Crippen LogP contribution >= 0.6 is 11.8 Å². The number of pyridine rings is 1. The van der Waals surface area contributed by atoms with Crippen LogP contribution in [0.1, 0.15) is 33.1 Å². The lowest BCUT2D eigenvalue weighted by molar-refractivity contribution is -0.170. The van der Waals surface area contributed by atoms with Gasteiger partial charge in [0.15, 0.2) is 5.60 Å². The molecule has 0 fully saturated rings. The summed E-state index contributed by atoms with van der Waals surface area (Å²) >= 11 is 2.04. The number of methoxy groups -OCH3 is 1. The van der Waals surface area contributed by atoms with E-state index in [1.54, 1.807) is 7.11 Å². The number of rotatable bonds is 16. The molecule has 0 unspecified atom stereocenters. The summed E-state index contributed by atoms with van der Waals surface area (Å²) < 4.78 is 5.39. The van der Waals surface area contributed by atoms with Gasteiger partial charge in [0.1, 0.15) is 5.75 Å². The minimum atomic E-state index is -2.74. The fraction of sp³-hybridized carbons (Fsp3) is 0.520. The molecule has 0 atom stereocenters. The van der Waals surface area contributed by atoms with Crippen LogP contribution in [0.25, 0.3) is 10.9 Å². The van der Waals surface area contributed by atoms with Gasteiger partial charge in [-0.25, -0.2) is 4.79 Å². The Morgan fingerprint density at radius 3 is 2.27 bits per heavy atom. The third-order valence-electron chi connectivity index (χ3n) is 5.43. The van der Waals surface area contributed by atoms with Crippen molar-refractivity contribution in [1.82, 2.24) is 9.88 Å². The standard InChI is InChI=1S/C19H29N3OS.C6H8O7/c1-4-22(5-2)11-13-24-12-7-10-20-18-15-17(23-3)14-16-8-6-9-21-19(16)18;7-3(8)1-6(13,5(11)12)2-4(9)10/h6,8-9,14-15,20H,4-5,7,10-13H2,1-3H3;13H,1-2H2,(H,7,8)(H,9,10)(H,11,12). The Balaban J connectivity index is 0.000000448. The zero-order chi connectivity index (χ0) is 27.8. The van der Waals surface area contributed by atoms with Crippen LogP contribution in [-0.4, -0.2) is 98.6 Å². The molecule has 0 spiro atoms. The Morgan fingerprint density at radius 1 is 1.08 bits per heavy atom. The van der Waals surface area contributed by atoms with E-state index >= 15 is 0 Å². The van der Waals surface area contributed by atoms with Crippen LogP contribution in [0.4, 0.5) is 5.69 Å². The summed E-state index contributed by atoms with van der Waals surface area (Å²) in [6, 6.07) is 8.08.